The van der Waals surface area contributed by atoms with Crippen molar-refractivity contribution in [3.05, 3.63) is 140 Å². The van der Waals surface area contributed by atoms with Crippen molar-refractivity contribution in [3.63, 3.8) is 0 Å². The lowest BCUT2D eigenvalue weighted by molar-refractivity contribution is 1.19. The first-order valence-electron chi connectivity index (χ1n) is 14.1. The number of fused-ring (bicyclic) bond motifs is 8. The monoisotopic (exact) mass is 553 g/mol. The first-order chi connectivity index (χ1) is 20.8. The van der Waals surface area contributed by atoms with E-state index in [9.17, 15) is 0 Å². The standard InChI is InChI=1S/C38H23N3S/c1-3-12-32-30(11-1)36-31(20-19-29-28-10-2-4-13-34(28)42-38(29)36)37(40-32)25-17-15-24(16-18-25)26-8-7-9-27(22-26)33-23-41-21-6-5-14-35(41)39-33/h1-23H. The largest absolute Gasteiger partial charge is 0.306 e. The van der Waals surface area contributed by atoms with E-state index in [4.69, 9.17) is 9.97 Å². The second kappa shape index (κ2) is 9.10. The van der Waals surface area contributed by atoms with E-state index >= 15 is 0 Å². The van der Waals surface area contributed by atoms with Crippen LogP contribution in [0.4, 0.5) is 0 Å². The highest BCUT2D eigenvalue weighted by Gasteiger charge is 2.16. The molecule has 0 unspecified atom stereocenters. The summed E-state index contributed by atoms with van der Waals surface area (Å²) in [5.41, 5.74) is 8.52. The predicted molar refractivity (Wildman–Crippen MR) is 177 cm³/mol. The number of rotatable bonds is 3. The molecule has 0 radical (unpaired) electrons. The summed E-state index contributed by atoms with van der Waals surface area (Å²) in [4.78, 5) is 10.0. The summed E-state index contributed by atoms with van der Waals surface area (Å²) in [7, 11) is 0. The molecule has 0 aliphatic heterocycles. The molecule has 0 saturated heterocycles. The first-order valence-corrected chi connectivity index (χ1v) is 14.9. The minimum Gasteiger partial charge on any atom is -0.306 e. The van der Waals surface area contributed by atoms with E-state index < -0.39 is 0 Å². The van der Waals surface area contributed by atoms with Crippen molar-refractivity contribution in [1.29, 1.82) is 0 Å². The van der Waals surface area contributed by atoms with Crippen LogP contribution in [0.1, 0.15) is 0 Å². The topological polar surface area (TPSA) is 30.2 Å². The van der Waals surface area contributed by atoms with Gasteiger partial charge in [-0.05, 0) is 41.5 Å². The number of thiophene rings is 1. The third-order valence-electron chi connectivity index (χ3n) is 8.22. The summed E-state index contributed by atoms with van der Waals surface area (Å²) in [6.07, 6.45) is 4.12. The molecule has 0 aliphatic carbocycles. The molecule has 0 aliphatic rings. The highest BCUT2D eigenvalue weighted by Crippen LogP contribution is 2.43. The van der Waals surface area contributed by atoms with Crippen LogP contribution in [0.15, 0.2) is 140 Å². The minimum atomic E-state index is 0.949. The average molecular weight is 554 g/mol. The first kappa shape index (κ1) is 23.4. The quantitative estimate of drug-likeness (QED) is 0.204. The van der Waals surface area contributed by atoms with Gasteiger partial charge in [0.2, 0.25) is 0 Å². The average Bonchev–Trinajstić information content (AvgIpc) is 3.66. The van der Waals surface area contributed by atoms with Gasteiger partial charge in [0.25, 0.3) is 0 Å². The molecule has 42 heavy (non-hydrogen) atoms. The van der Waals surface area contributed by atoms with E-state index in [1.54, 1.807) is 0 Å². The molecule has 4 heteroatoms. The van der Waals surface area contributed by atoms with Crippen LogP contribution in [0.3, 0.4) is 0 Å². The van der Waals surface area contributed by atoms with Gasteiger partial charge in [0, 0.05) is 59.9 Å². The number of para-hydroxylation sites is 1. The normalized spacial score (nSPS) is 11.8. The van der Waals surface area contributed by atoms with E-state index in [2.05, 4.69) is 120 Å². The zero-order valence-corrected chi connectivity index (χ0v) is 23.3. The molecule has 196 valence electrons. The van der Waals surface area contributed by atoms with E-state index in [-0.39, 0.29) is 0 Å². The Labute approximate surface area is 246 Å². The van der Waals surface area contributed by atoms with Crippen molar-refractivity contribution in [2.45, 2.75) is 0 Å². The van der Waals surface area contributed by atoms with Crippen LogP contribution in [-0.4, -0.2) is 14.4 Å². The molecule has 0 fully saturated rings. The molecule has 3 nitrogen and oxygen atoms in total. The second-order valence-electron chi connectivity index (χ2n) is 10.7. The number of benzene rings is 5. The summed E-state index contributed by atoms with van der Waals surface area (Å²) in [6, 6.07) is 45.3. The molecule has 0 N–H and O–H groups in total. The van der Waals surface area contributed by atoms with E-state index in [1.165, 1.54) is 47.5 Å². The molecule has 5 aromatic carbocycles. The van der Waals surface area contributed by atoms with Crippen molar-refractivity contribution >= 4 is 58.8 Å². The van der Waals surface area contributed by atoms with Gasteiger partial charge in [-0.1, -0.05) is 97.1 Å². The lowest BCUT2D eigenvalue weighted by Gasteiger charge is -2.12. The Morgan fingerprint density at radius 3 is 2.19 bits per heavy atom. The van der Waals surface area contributed by atoms with Crippen molar-refractivity contribution in [2.24, 2.45) is 0 Å². The maximum atomic E-state index is 5.21. The fourth-order valence-corrected chi connectivity index (χ4v) is 7.45. The maximum Gasteiger partial charge on any atom is 0.137 e. The molecule has 0 bridgehead atoms. The molecule has 4 heterocycles. The molecule has 9 rings (SSSR count). The number of nitrogens with zero attached hydrogens (tertiary/aromatic N) is 3. The molecule has 9 aromatic rings. The van der Waals surface area contributed by atoms with Gasteiger partial charge in [0.15, 0.2) is 0 Å². The van der Waals surface area contributed by atoms with Gasteiger partial charge in [0.1, 0.15) is 5.65 Å². The van der Waals surface area contributed by atoms with Crippen LogP contribution >= 0.6 is 11.3 Å². The number of hydrogen-bond acceptors (Lipinski definition) is 3. The highest BCUT2D eigenvalue weighted by molar-refractivity contribution is 7.26. The molecular formula is C38H23N3S. The summed E-state index contributed by atoms with van der Waals surface area (Å²) >= 11 is 1.88. The Balaban J connectivity index is 1.18. The molecule has 4 aromatic heterocycles. The molecule has 0 spiro atoms. The molecule has 0 saturated carbocycles. The van der Waals surface area contributed by atoms with Gasteiger partial charge in [0.05, 0.1) is 16.9 Å². The lowest BCUT2D eigenvalue weighted by Crippen LogP contribution is -1.90. The van der Waals surface area contributed by atoms with Crippen molar-refractivity contribution in [2.75, 3.05) is 0 Å². The van der Waals surface area contributed by atoms with Gasteiger partial charge >= 0.3 is 0 Å². The molecule has 0 atom stereocenters. The zero-order chi connectivity index (χ0) is 27.6. The fraction of sp³-hybridized carbons (Fsp3) is 0. The van der Waals surface area contributed by atoms with Gasteiger partial charge in [-0.3, -0.25) is 0 Å². The Morgan fingerprint density at radius 1 is 0.524 bits per heavy atom. The number of aromatic nitrogens is 3. The second-order valence-corrected chi connectivity index (χ2v) is 11.7. The van der Waals surface area contributed by atoms with E-state index in [0.29, 0.717) is 0 Å². The van der Waals surface area contributed by atoms with Crippen LogP contribution in [0.5, 0.6) is 0 Å². The maximum absolute atomic E-state index is 5.21. The van der Waals surface area contributed by atoms with Crippen LogP contribution in [-0.2, 0) is 0 Å². The Hall–Kier alpha value is -5.32. The molecular weight excluding hydrogens is 531 g/mol. The summed E-state index contributed by atoms with van der Waals surface area (Å²) < 4.78 is 4.70. The van der Waals surface area contributed by atoms with Crippen LogP contribution in [0, 0.1) is 0 Å². The Kier molecular flexibility index (Phi) is 5.07. The van der Waals surface area contributed by atoms with Crippen LogP contribution in [0.25, 0.3) is 81.1 Å². The van der Waals surface area contributed by atoms with Crippen LogP contribution in [0.2, 0.25) is 0 Å². The van der Waals surface area contributed by atoms with Crippen molar-refractivity contribution in [3.8, 4) is 33.6 Å². The SMILES string of the molecule is c1cc(-c2ccc(-c3nc4ccccc4c4c3ccc3c5ccccc5sc34)cc2)cc(-c2cn3ccccc3n2)c1. The highest BCUT2D eigenvalue weighted by atomic mass is 32.1. The lowest BCUT2D eigenvalue weighted by atomic mass is 9.96. The van der Waals surface area contributed by atoms with Gasteiger partial charge in [-0.2, -0.15) is 0 Å². The third kappa shape index (κ3) is 3.59. The summed E-state index contributed by atoms with van der Waals surface area (Å²) in [6.45, 7) is 0. The number of hydrogen-bond donors (Lipinski definition) is 0. The third-order valence-corrected chi connectivity index (χ3v) is 9.43. The number of pyridine rings is 2. The molecule has 0 amide bonds. The van der Waals surface area contributed by atoms with Gasteiger partial charge in [-0.25, -0.2) is 9.97 Å². The number of imidazole rings is 1. The van der Waals surface area contributed by atoms with Gasteiger partial charge < -0.3 is 4.40 Å². The Morgan fingerprint density at radius 2 is 1.29 bits per heavy atom. The Bertz CT molecular complexity index is 2430. The van der Waals surface area contributed by atoms with E-state index in [1.807, 2.05) is 35.7 Å². The van der Waals surface area contributed by atoms with Crippen LogP contribution < -0.4 is 0 Å². The van der Waals surface area contributed by atoms with Gasteiger partial charge in [-0.15, -0.1) is 11.3 Å². The summed E-state index contributed by atoms with van der Waals surface area (Å²) in [5.74, 6) is 0. The predicted octanol–water partition coefficient (Wildman–Crippen LogP) is 10.4. The zero-order valence-electron chi connectivity index (χ0n) is 22.5. The summed E-state index contributed by atoms with van der Waals surface area (Å²) in [5, 5.41) is 6.31. The van der Waals surface area contributed by atoms with Crippen molar-refractivity contribution < 1.29 is 0 Å². The van der Waals surface area contributed by atoms with Crippen molar-refractivity contribution in [1.82, 2.24) is 14.4 Å². The van der Waals surface area contributed by atoms with E-state index in [0.717, 1.165) is 33.7 Å². The minimum absolute atomic E-state index is 0.949. The fourth-order valence-electron chi connectivity index (χ4n) is 6.19. The smallest absolute Gasteiger partial charge is 0.137 e.